The molecule has 2 aromatic rings. The highest BCUT2D eigenvalue weighted by Gasteiger charge is 2.37. The third kappa shape index (κ3) is 3.63. The van der Waals surface area contributed by atoms with Gasteiger partial charge in [0.05, 0.1) is 27.2 Å². The Balaban J connectivity index is 2.10. The molecule has 0 fully saturated rings. The van der Waals surface area contributed by atoms with Crippen molar-refractivity contribution < 1.29 is 34.0 Å². The summed E-state index contributed by atoms with van der Waals surface area (Å²) in [6.45, 7) is 3.87. The summed E-state index contributed by atoms with van der Waals surface area (Å²) in [6.07, 6.45) is 2.16. The Bertz CT molecular complexity index is 1000. The summed E-state index contributed by atoms with van der Waals surface area (Å²) in [6, 6.07) is 4.79. The van der Waals surface area contributed by atoms with Gasteiger partial charge < -0.3 is 29.2 Å². The van der Waals surface area contributed by atoms with Gasteiger partial charge in [0.25, 0.3) is 0 Å². The van der Waals surface area contributed by atoms with E-state index in [-0.39, 0.29) is 40.8 Å². The Labute approximate surface area is 175 Å². The zero-order valence-corrected chi connectivity index (χ0v) is 17.7. The molecule has 1 atom stereocenters. The largest absolute Gasteiger partial charge is 0.507 e. The van der Waals surface area contributed by atoms with Crippen molar-refractivity contribution in [2.45, 2.75) is 26.2 Å². The number of methoxy groups -OCH3 is 3. The molecule has 0 unspecified atom stereocenters. The highest BCUT2D eigenvalue weighted by atomic mass is 16.5. The number of ether oxygens (including phenoxy) is 4. The maximum atomic E-state index is 13.4. The predicted octanol–water partition coefficient (Wildman–Crippen LogP) is 3.99. The molecule has 0 amide bonds. The Morgan fingerprint density at radius 1 is 1.13 bits per heavy atom. The van der Waals surface area contributed by atoms with Crippen LogP contribution in [0.5, 0.6) is 34.5 Å². The lowest BCUT2D eigenvalue weighted by Gasteiger charge is -2.28. The second-order valence-electron chi connectivity index (χ2n) is 7.23. The SMILES string of the molecule is COc1ccc([C@H]2COc3cc(O)c(CC=C(C)C)c(O)c3C2=O)c(OC)c1OC. The number of ketones is 1. The second kappa shape index (κ2) is 8.57. The van der Waals surface area contributed by atoms with Crippen LogP contribution in [0.4, 0.5) is 0 Å². The summed E-state index contributed by atoms with van der Waals surface area (Å²) in [5.74, 6) is -0.0567. The molecule has 2 aromatic carbocycles. The number of aromatic hydroxyl groups is 2. The molecule has 0 radical (unpaired) electrons. The van der Waals surface area contributed by atoms with E-state index in [9.17, 15) is 15.0 Å². The number of phenolic OH excluding ortho intramolecular Hbond substituents is 2. The molecule has 160 valence electrons. The number of fused-ring (bicyclic) bond motifs is 1. The third-order valence-electron chi connectivity index (χ3n) is 5.14. The van der Waals surface area contributed by atoms with Crippen molar-refractivity contribution in [3.63, 3.8) is 0 Å². The van der Waals surface area contributed by atoms with Gasteiger partial charge in [-0.05, 0) is 26.3 Å². The minimum Gasteiger partial charge on any atom is -0.507 e. The Morgan fingerprint density at radius 3 is 2.43 bits per heavy atom. The number of hydrogen-bond donors (Lipinski definition) is 2. The zero-order chi connectivity index (χ0) is 22.0. The molecule has 3 rings (SSSR count). The van der Waals surface area contributed by atoms with E-state index >= 15 is 0 Å². The van der Waals surface area contributed by atoms with Gasteiger partial charge >= 0.3 is 0 Å². The van der Waals surface area contributed by atoms with Crippen LogP contribution >= 0.6 is 0 Å². The lowest BCUT2D eigenvalue weighted by molar-refractivity contribution is 0.0889. The lowest BCUT2D eigenvalue weighted by atomic mass is 9.86. The predicted molar refractivity (Wildman–Crippen MR) is 112 cm³/mol. The monoisotopic (exact) mass is 414 g/mol. The summed E-state index contributed by atoms with van der Waals surface area (Å²) in [5.41, 5.74) is 1.93. The molecule has 0 bridgehead atoms. The van der Waals surface area contributed by atoms with Crippen LogP contribution in [0, 0.1) is 0 Å². The summed E-state index contributed by atoms with van der Waals surface area (Å²) in [5, 5.41) is 21.1. The Kier molecular flexibility index (Phi) is 6.10. The highest BCUT2D eigenvalue weighted by molar-refractivity contribution is 6.07. The van der Waals surface area contributed by atoms with Crippen LogP contribution in [0.3, 0.4) is 0 Å². The number of rotatable bonds is 6. The van der Waals surface area contributed by atoms with Crippen LogP contribution in [-0.2, 0) is 6.42 Å². The normalized spacial score (nSPS) is 15.1. The van der Waals surface area contributed by atoms with E-state index in [1.807, 2.05) is 19.9 Å². The van der Waals surface area contributed by atoms with Gasteiger partial charge in [-0.15, -0.1) is 0 Å². The molecule has 1 aliphatic heterocycles. The number of Topliss-reactive ketones (excluding diaryl/α,β-unsaturated/α-hetero) is 1. The Morgan fingerprint density at radius 2 is 1.83 bits per heavy atom. The molecule has 1 aliphatic rings. The topological polar surface area (TPSA) is 94.5 Å². The first kappa shape index (κ1) is 21.4. The first-order valence-electron chi connectivity index (χ1n) is 9.51. The van der Waals surface area contributed by atoms with E-state index in [0.29, 0.717) is 29.2 Å². The van der Waals surface area contributed by atoms with Gasteiger partial charge in [-0.1, -0.05) is 17.7 Å². The van der Waals surface area contributed by atoms with Crippen LogP contribution in [0.25, 0.3) is 0 Å². The van der Waals surface area contributed by atoms with Gasteiger partial charge in [0, 0.05) is 17.2 Å². The molecule has 7 nitrogen and oxygen atoms in total. The minimum atomic E-state index is -0.723. The van der Waals surface area contributed by atoms with Crippen molar-refractivity contribution in [2.24, 2.45) is 0 Å². The number of hydrogen-bond acceptors (Lipinski definition) is 7. The van der Waals surface area contributed by atoms with Gasteiger partial charge in [0.2, 0.25) is 5.75 Å². The summed E-state index contributed by atoms with van der Waals surface area (Å²) in [4.78, 5) is 13.4. The smallest absolute Gasteiger partial charge is 0.203 e. The summed E-state index contributed by atoms with van der Waals surface area (Å²) in [7, 11) is 4.49. The molecule has 7 heteroatoms. The fraction of sp³-hybridized carbons (Fsp3) is 0.348. The molecule has 0 saturated heterocycles. The number of benzene rings is 2. The fourth-order valence-corrected chi connectivity index (χ4v) is 3.58. The summed E-state index contributed by atoms with van der Waals surface area (Å²) < 4.78 is 22.0. The maximum absolute atomic E-state index is 13.4. The van der Waals surface area contributed by atoms with Crippen LogP contribution in [-0.4, -0.2) is 43.9 Å². The van der Waals surface area contributed by atoms with Gasteiger partial charge in [-0.3, -0.25) is 4.79 Å². The molecule has 1 heterocycles. The van der Waals surface area contributed by atoms with E-state index in [2.05, 4.69) is 0 Å². The number of carbonyl (C=O) groups is 1. The molecule has 0 aliphatic carbocycles. The molecule has 30 heavy (non-hydrogen) atoms. The van der Waals surface area contributed by atoms with Gasteiger partial charge in [-0.2, -0.15) is 0 Å². The number of allylic oxidation sites excluding steroid dienone is 2. The van der Waals surface area contributed by atoms with E-state index in [1.165, 1.54) is 27.4 Å². The average molecular weight is 414 g/mol. The van der Waals surface area contributed by atoms with Gasteiger partial charge in [0.15, 0.2) is 17.3 Å². The number of phenols is 2. The zero-order valence-electron chi connectivity index (χ0n) is 17.7. The van der Waals surface area contributed by atoms with Crippen molar-refractivity contribution in [3.05, 3.63) is 46.5 Å². The van der Waals surface area contributed by atoms with Crippen molar-refractivity contribution >= 4 is 5.78 Å². The van der Waals surface area contributed by atoms with Crippen molar-refractivity contribution in [1.82, 2.24) is 0 Å². The quantitative estimate of drug-likeness (QED) is 0.690. The standard InChI is InChI=1S/C23H26O7/c1-12(2)6-7-14-16(24)10-18-19(20(14)25)21(26)15(11-30-18)13-8-9-17(27-3)23(29-5)22(13)28-4/h6,8-10,15,24-25H,7,11H2,1-5H3/t15-/m1/s1. The second-order valence-corrected chi connectivity index (χ2v) is 7.23. The number of carbonyl (C=O) groups excluding carboxylic acids is 1. The van der Waals surface area contributed by atoms with Gasteiger partial charge in [-0.25, -0.2) is 0 Å². The minimum absolute atomic E-state index is 0.0316. The van der Waals surface area contributed by atoms with E-state index < -0.39 is 5.92 Å². The summed E-state index contributed by atoms with van der Waals surface area (Å²) >= 11 is 0. The van der Waals surface area contributed by atoms with Crippen molar-refractivity contribution in [2.75, 3.05) is 27.9 Å². The van der Waals surface area contributed by atoms with Gasteiger partial charge in [0.1, 0.15) is 29.4 Å². The first-order chi connectivity index (χ1) is 14.3. The van der Waals surface area contributed by atoms with Crippen LogP contribution in [0.2, 0.25) is 0 Å². The lowest BCUT2D eigenvalue weighted by Crippen LogP contribution is -2.27. The van der Waals surface area contributed by atoms with E-state index in [1.54, 1.807) is 12.1 Å². The van der Waals surface area contributed by atoms with E-state index in [0.717, 1.165) is 5.57 Å². The maximum Gasteiger partial charge on any atom is 0.203 e. The molecule has 0 aromatic heterocycles. The average Bonchev–Trinajstić information content (AvgIpc) is 2.72. The van der Waals surface area contributed by atoms with Crippen LogP contribution < -0.4 is 18.9 Å². The third-order valence-corrected chi connectivity index (χ3v) is 5.14. The van der Waals surface area contributed by atoms with Crippen molar-refractivity contribution in [1.29, 1.82) is 0 Å². The molecular formula is C23H26O7. The molecule has 2 N–H and O–H groups in total. The van der Waals surface area contributed by atoms with Crippen LogP contribution in [0.1, 0.15) is 41.3 Å². The Hall–Kier alpha value is -3.35. The molecule has 0 spiro atoms. The fourth-order valence-electron chi connectivity index (χ4n) is 3.58. The van der Waals surface area contributed by atoms with Crippen LogP contribution in [0.15, 0.2) is 29.8 Å². The first-order valence-corrected chi connectivity index (χ1v) is 9.51. The highest BCUT2D eigenvalue weighted by Crippen LogP contribution is 2.48. The molecular weight excluding hydrogens is 388 g/mol. The van der Waals surface area contributed by atoms with Crippen molar-refractivity contribution in [3.8, 4) is 34.5 Å². The van der Waals surface area contributed by atoms with E-state index in [4.69, 9.17) is 18.9 Å². The molecule has 0 saturated carbocycles.